The van der Waals surface area contributed by atoms with Gasteiger partial charge >= 0.3 is 5.69 Å². The fourth-order valence-corrected chi connectivity index (χ4v) is 11.9. The number of ether oxygens (including phenoxy) is 6. The first kappa shape index (κ1) is 57.7. The lowest BCUT2D eigenvalue weighted by molar-refractivity contribution is -0.0912. The third-order valence-electron chi connectivity index (χ3n) is 14.1. The highest BCUT2D eigenvalue weighted by Gasteiger charge is 2.45. The van der Waals surface area contributed by atoms with Crippen molar-refractivity contribution in [1.29, 1.82) is 5.26 Å². The molecule has 2 aliphatic heterocycles. The van der Waals surface area contributed by atoms with Crippen LogP contribution in [0.2, 0.25) is 0 Å². The number of ketones is 1. The Labute approximate surface area is 482 Å². The molecule has 10 rings (SSSR count). The van der Waals surface area contributed by atoms with E-state index in [1.165, 1.54) is 4.57 Å². The van der Waals surface area contributed by atoms with E-state index in [9.17, 15) is 14.9 Å². The lowest BCUT2D eigenvalue weighted by Gasteiger charge is -2.39. The second-order valence-electron chi connectivity index (χ2n) is 20.2. The Hall–Kier alpha value is -8.48. The Kier molecular flexibility index (Phi) is 18.2. The molecule has 0 amide bonds. The van der Waals surface area contributed by atoms with Crippen molar-refractivity contribution in [3.8, 4) is 34.8 Å². The number of aryl methyl sites for hydroxylation is 1. The number of anilines is 4. The maximum absolute atomic E-state index is 13.5. The Bertz CT molecular complexity index is 3550. The van der Waals surface area contributed by atoms with E-state index < -0.39 is 38.3 Å². The number of hydrogen-bond acceptors (Lipinski definition) is 19. The molecule has 0 bridgehead atoms. The lowest BCUT2D eigenvalue weighted by atomic mass is 9.80. The molecule has 8 aromatic rings. The van der Waals surface area contributed by atoms with Crippen LogP contribution < -0.4 is 40.6 Å². The highest BCUT2D eigenvalue weighted by atomic mass is 31.2. The minimum atomic E-state index is -1.75. The van der Waals surface area contributed by atoms with Gasteiger partial charge in [0.05, 0.1) is 71.6 Å². The number of rotatable bonds is 26. The summed E-state index contributed by atoms with van der Waals surface area (Å²) < 4.78 is 57.4. The first-order chi connectivity index (χ1) is 40.4. The molecular weight excluding hydrogens is 1080 g/mol. The molecule has 1 saturated heterocycles. The van der Waals surface area contributed by atoms with Crippen LogP contribution in [0, 0.1) is 11.3 Å². The third kappa shape index (κ3) is 12.8. The van der Waals surface area contributed by atoms with Crippen molar-refractivity contribution in [2.45, 2.75) is 76.7 Å². The Morgan fingerprint density at radius 1 is 0.843 bits per heavy atom. The molecule has 5 heterocycles. The third-order valence-corrected chi connectivity index (χ3v) is 16.3. The van der Waals surface area contributed by atoms with Gasteiger partial charge in [0.1, 0.15) is 47.5 Å². The van der Waals surface area contributed by atoms with E-state index in [4.69, 9.17) is 52.4 Å². The van der Waals surface area contributed by atoms with Gasteiger partial charge in [-0.1, -0.05) is 91.0 Å². The van der Waals surface area contributed by atoms with E-state index >= 15 is 0 Å². The molecule has 83 heavy (non-hydrogen) atoms. The van der Waals surface area contributed by atoms with Crippen molar-refractivity contribution >= 4 is 48.7 Å². The molecule has 2 aliphatic rings. The number of benzene rings is 5. The van der Waals surface area contributed by atoms with Crippen LogP contribution in [0.1, 0.15) is 73.8 Å². The summed E-state index contributed by atoms with van der Waals surface area (Å²) in [6.07, 6.45) is 1.63. The fourth-order valence-electron chi connectivity index (χ4n) is 10.1. The van der Waals surface area contributed by atoms with E-state index in [-0.39, 0.29) is 69.0 Å². The maximum Gasteiger partial charge on any atom is 0.349 e. The van der Waals surface area contributed by atoms with Crippen LogP contribution >= 0.6 is 8.53 Å². The van der Waals surface area contributed by atoms with Gasteiger partial charge in [0.25, 0.3) is 8.53 Å². The summed E-state index contributed by atoms with van der Waals surface area (Å²) in [6, 6.07) is 42.4. The Morgan fingerprint density at radius 3 is 2.18 bits per heavy atom. The van der Waals surface area contributed by atoms with Crippen molar-refractivity contribution in [3.05, 3.63) is 173 Å². The molecule has 4 atom stereocenters. The molecule has 0 saturated carbocycles. The molecule has 430 valence electrons. The molecule has 0 aliphatic carbocycles. The van der Waals surface area contributed by atoms with Gasteiger partial charge in [-0.05, 0) is 80.8 Å². The van der Waals surface area contributed by atoms with Crippen molar-refractivity contribution in [3.63, 3.8) is 0 Å². The van der Waals surface area contributed by atoms with E-state index in [2.05, 4.69) is 59.4 Å². The fraction of sp³-hybridized carbons (Fsp3) is 0.328. The van der Waals surface area contributed by atoms with Gasteiger partial charge < -0.3 is 53.4 Å². The number of methoxy groups -OCH3 is 2. The molecule has 1 unspecified atom stereocenters. The van der Waals surface area contributed by atoms with Crippen molar-refractivity contribution < 1.29 is 42.3 Å². The van der Waals surface area contributed by atoms with Crippen LogP contribution in [0.4, 0.5) is 23.3 Å². The van der Waals surface area contributed by atoms with Crippen LogP contribution in [-0.2, 0) is 31.2 Å². The minimum Gasteiger partial charge on any atom is -0.497 e. The Morgan fingerprint density at radius 2 is 1.52 bits per heavy atom. The predicted molar refractivity (Wildman–Crippen MR) is 315 cm³/mol. The van der Waals surface area contributed by atoms with Gasteiger partial charge in [0.2, 0.25) is 5.95 Å². The summed E-state index contributed by atoms with van der Waals surface area (Å²) in [7, 11) is 3.12. The molecule has 3 aromatic heterocycles. The summed E-state index contributed by atoms with van der Waals surface area (Å²) in [4.78, 5) is 44.8. The number of nitrogens with zero attached hydrogens (tertiary/aromatic N) is 8. The summed E-state index contributed by atoms with van der Waals surface area (Å²) in [5, 5.41) is 19.4. The van der Waals surface area contributed by atoms with E-state index in [1.54, 1.807) is 58.1 Å². The van der Waals surface area contributed by atoms with E-state index in [1.807, 2.05) is 108 Å². The average molecular weight is 1140 g/mol. The van der Waals surface area contributed by atoms with Gasteiger partial charge in [-0.15, -0.1) is 0 Å². The number of nitriles is 1. The minimum absolute atomic E-state index is 0.0209. The maximum atomic E-state index is 13.5. The van der Waals surface area contributed by atoms with Gasteiger partial charge in [-0.2, -0.15) is 20.2 Å². The highest BCUT2D eigenvalue weighted by molar-refractivity contribution is 7.44. The van der Waals surface area contributed by atoms with Gasteiger partial charge in [-0.25, -0.2) is 14.4 Å². The van der Waals surface area contributed by atoms with Crippen LogP contribution in [0.3, 0.4) is 0 Å². The molecule has 3 N–H and O–H groups in total. The van der Waals surface area contributed by atoms with Crippen LogP contribution in [0.15, 0.2) is 145 Å². The van der Waals surface area contributed by atoms with E-state index in [0.717, 1.165) is 16.7 Å². The zero-order chi connectivity index (χ0) is 58.0. The summed E-state index contributed by atoms with van der Waals surface area (Å²) in [5.74, 6) is 3.43. The average Bonchev–Trinajstić information content (AvgIpc) is 2.84. The Balaban J connectivity index is 0.994. The number of nitrogens with one attached hydrogen (secondary N) is 3. The zero-order valence-electron chi connectivity index (χ0n) is 47.2. The number of carbonyl (C=O) groups is 1. The van der Waals surface area contributed by atoms with Gasteiger partial charge in [0, 0.05) is 31.1 Å². The number of para-hydroxylation sites is 1. The number of carbonyl (C=O) groups excluding carboxylic acids is 1. The normalized spacial score (nSPS) is 15.9. The predicted octanol–water partition coefficient (Wildman–Crippen LogP) is 10.5. The second kappa shape index (κ2) is 26.2. The zero-order valence-corrected chi connectivity index (χ0v) is 48.1. The smallest absolute Gasteiger partial charge is 0.349 e. The molecule has 1 fully saturated rings. The van der Waals surface area contributed by atoms with Crippen molar-refractivity contribution in [1.82, 2.24) is 33.7 Å². The van der Waals surface area contributed by atoms with Gasteiger partial charge in [-0.3, -0.25) is 13.9 Å². The van der Waals surface area contributed by atoms with Gasteiger partial charge in [0.15, 0.2) is 40.1 Å². The highest BCUT2D eigenvalue weighted by Crippen LogP contribution is 2.51. The number of fused-ring (bicyclic) bond motifs is 3. The first-order valence-electron chi connectivity index (χ1n) is 27.3. The first-order valence-corrected chi connectivity index (χ1v) is 28.5. The molecule has 5 aromatic carbocycles. The van der Waals surface area contributed by atoms with Crippen LogP contribution in [0.25, 0.3) is 11.2 Å². The summed E-state index contributed by atoms with van der Waals surface area (Å²) >= 11 is 0. The number of hydrogen-bond donors (Lipinski definition) is 3. The molecule has 22 heteroatoms. The number of Topliss-reactive ketones (excluding diaryl/α,β-unsaturated/α-hetero) is 1. The number of aromatic nitrogens is 6. The van der Waals surface area contributed by atoms with Crippen molar-refractivity contribution in [2.24, 2.45) is 7.05 Å². The quantitative estimate of drug-likeness (QED) is 0.0198. The molecule has 0 radical (unpaired) electrons. The monoisotopic (exact) mass is 1140 g/mol. The van der Waals surface area contributed by atoms with Crippen LogP contribution in [-0.4, -0.2) is 111 Å². The van der Waals surface area contributed by atoms with Crippen molar-refractivity contribution in [2.75, 3.05) is 63.1 Å². The lowest BCUT2D eigenvalue weighted by Crippen LogP contribution is -2.39. The largest absolute Gasteiger partial charge is 0.497 e. The topological polar surface area (TPSA) is 233 Å². The molecule has 21 nitrogen and oxygen atoms in total. The van der Waals surface area contributed by atoms with Crippen LogP contribution in [0.5, 0.6) is 28.7 Å². The standard InChI is InChI=1S/C61H66N11O10P/c1-39(2)72(40(3)4)83(79-32-15-30-62)82-50-34-53(81-52(50)37-78-61(42-18-12-9-13-19-42,43-22-26-45(75-6)27-23-43)44-24-28-46(76-7)29-25-44)71-38-65-55-57(67-59(69-58(55)71)64-35-47(73)41-16-10-8-11-17-41)63-31-33-77-48-20-14-21-49-54(48)66-56-51(80-49)36-70(5)60(74)68-56/h8-14,16-29,36,38-40,50,52-53H,15,31-35,37H2,1-7H3,(H,66,68,74)(H2,63,64,67,69)/t50-,52+,53+,83?/m0/s1. The summed E-state index contributed by atoms with van der Waals surface area (Å²) in [6.45, 7) is 8.88. The molecular formula is C61H66N11O10P. The van der Waals surface area contributed by atoms with E-state index in [0.29, 0.717) is 63.4 Å². The summed E-state index contributed by atoms with van der Waals surface area (Å²) in [5.41, 5.74) is 2.82. The second-order valence-corrected chi connectivity index (χ2v) is 21.6. The molecule has 0 spiro atoms. The SMILES string of the molecule is COc1ccc(C(OC[C@H]2O[C@@H](n3cnc4c(NCCOc5cccc6c5Nc5nc(=O)n(C)cc5O6)nc(NCC(=O)c5ccccc5)nc43)C[C@@H]2OP(OCCC#N)N(C(C)C)C(C)C)(c2ccccc2)c2ccc(OC)cc2)cc1. The number of imidazole rings is 1.